The minimum Gasteiger partial charge on any atom is -0.495 e. The summed E-state index contributed by atoms with van der Waals surface area (Å²) in [4.78, 5) is 13.0. The molecule has 10 heteroatoms. The second-order valence-electron chi connectivity index (χ2n) is 7.71. The predicted octanol–water partition coefficient (Wildman–Crippen LogP) is 4.25. The molecule has 0 atom stereocenters. The van der Waals surface area contributed by atoms with E-state index in [0.29, 0.717) is 35.2 Å². The summed E-state index contributed by atoms with van der Waals surface area (Å²) >= 11 is 0. The molecule has 0 saturated carbocycles. The third-order valence-electron chi connectivity index (χ3n) is 5.28. The van der Waals surface area contributed by atoms with E-state index in [1.807, 2.05) is 6.92 Å². The van der Waals surface area contributed by atoms with E-state index in [1.54, 1.807) is 61.5 Å². The lowest BCUT2D eigenvalue weighted by molar-refractivity contribution is -0.114. The molecular weight excluding hydrogens is 484 g/mol. The smallest absolute Gasteiger partial charge is 0.268 e. The molecule has 0 spiro atoms. The Hall–Kier alpha value is -3.92. The summed E-state index contributed by atoms with van der Waals surface area (Å²) in [7, 11) is 0.198. The van der Waals surface area contributed by atoms with Crippen LogP contribution in [0.2, 0.25) is 0 Å². The summed E-state index contributed by atoms with van der Waals surface area (Å²) in [5.41, 5.74) is 1.45. The Morgan fingerprint density at radius 2 is 1.50 bits per heavy atom. The number of nitrogens with zero attached hydrogens (tertiary/aromatic N) is 1. The lowest BCUT2D eigenvalue weighted by Gasteiger charge is -2.25. The highest BCUT2D eigenvalue weighted by atomic mass is 32.2. The van der Waals surface area contributed by atoms with E-state index in [-0.39, 0.29) is 10.6 Å². The van der Waals surface area contributed by atoms with Crippen molar-refractivity contribution in [3.05, 3.63) is 66.2 Å². The maximum Gasteiger partial charge on any atom is 0.268 e. The van der Waals surface area contributed by atoms with Crippen LogP contribution in [0.3, 0.4) is 0 Å². The Labute approximate surface area is 211 Å². The molecule has 1 amide bonds. The van der Waals surface area contributed by atoms with Crippen LogP contribution in [0.1, 0.15) is 12.5 Å². The van der Waals surface area contributed by atoms with Gasteiger partial charge in [0.2, 0.25) is 5.91 Å². The molecule has 0 fully saturated rings. The number of anilines is 2. The van der Waals surface area contributed by atoms with Gasteiger partial charge in [0, 0.05) is 11.8 Å². The van der Waals surface area contributed by atoms with Gasteiger partial charge in [-0.1, -0.05) is 6.07 Å². The van der Waals surface area contributed by atoms with Gasteiger partial charge in [-0.25, -0.2) is 8.42 Å². The van der Waals surface area contributed by atoms with E-state index in [2.05, 4.69) is 5.32 Å². The quantitative estimate of drug-likeness (QED) is 0.408. The van der Waals surface area contributed by atoms with Gasteiger partial charge in [-0.05, 0) is 67.9 Å². The van der Waals surface area contributed by atoms with Crippen LogP contribution in [-0.2, 0) is 14.8 Å². The van der Waals surface area contributed by atoms with Crippen LogP contribution in [0.25, 0.3) is 0 Å². The van der Waals surface area contributed by atoms with Crippen LogP contribution in [0, 0.1) is 6.92 Å². The Kier molecular flexibility index (Phi) is 8.65. The molecule has 3 aromatic rings. The first kappa shape index (κ1) is 26.7. The van der Waals surface area contributed by atoms with Gasteiger partial charge in [0.15, 0.2) is 11.5 Å². The molecule has 3 rings (SSSR count). The van der Waals surface area contributed by atoms with E-state index >= 15 is 0 Å². The van der Waals surface area contributed by atoms with Crippen molar-refractivity contribution < 1.29 is 32.2 Å². The zero-order valence-electron chi connectivity index (χ0n) is 20.9. The fourth-order valence-electron chi connectivity index (χ4n) is 3.54. The molecule has 9 nitrogen and oxygen atoms in total. The second kappa shape index (κ2) is 11.7. The van der Waals surface area contributed by atoms with Crippen molar-refractivity contribution in [3.8, 4) is 23.0 Å². The van der Waals surface area contributed by atoms with Gasteiger partial charge < -0.3 is 24.3 Å². The molecule has 0 unspecified atom stereocenters. The van der Waals surface area contributed by atoms with Crippen molar-refractivity contribution in [3.63, 3.8) is 0 Å². The minimum atomic E-state index is -4.19. The zero-order valence-corrected chi connectivity index (χ0v) is 21.7. The normalized spacial score (nSPS) is 10.9. The number of aryl methyl sites for hydroxylation is 1. The molecule has 0 saturated heterocycles. The van der Waals surface area contributed by atoms with Crippen molar-refractivity contribution >= 4 is 27.3 Å². The first-order chi connectivity index (χ1) is 17.2. The topological polar surface area (TPSA) is 103 Å². The molecule has 192 valence electrons. The van der Waals surface area contributed by atoms with Gasteiger partial charge in [-0.15, -0.1) is 0 Å². The largest absolute Gasteiger partial charge is 0.495 e. The summed E-state index contributed by atoms with van der Waals surface area (Å²) < 4.78 is 50.0. The lowest BCUT2D eigenvalue weighted by Crippen LogP contribution is -2.38. The van der Waals surface area contributed by atoms with Gasteiger partial charge >= 0.3 is 0 Å². The van der Waals surface area contributed by atoms with Crippen molar-refractivity contribution in [2.45, 2.75) is 18.7 Å². The highest BCUT2D eigenvalue weighted by Gasteiger charge is 2.30. The number of sulfonamides is 1. The lowest BCUT2D eigenvalue weighted by atomic mass is 10.2. The molecule has 0 radical (unpaired) electrons. The maximum atomic E-state index is 13.8. The predicted molar refractivity (Wildman–Crippen MR) is 138 cm³/mol. The van der Waals surface area contributed by atoms with Crippen LogP contribution >= 0.6 is 0 Å². The number of carbonyl (C=O) groups is 1. The highest BCUT2D eigenvalue weighted by Crippen LogP contribution is 2.32. The molecule has 36 heavy (non-hydrogen) atoms. The number of ether oxygens (including phenoxy) is 4. The summed E-state index contributed by atoms with van der Waals surface area (Å²) in [6, 6.07) is 16.2. The summed E-state index contributed by atoms with van der Waals surface area (Å²) in [6.07, 6.45) is 0. The number of hydrogen-bond donors (Lipinski definition) is 1. The minimum absolute atomic E-state index is 0.0437. The number of rotatable bonds is 11. The maximum absolute atomic E-state index is 13.8. The fourth-order valence-corrected chi connectivity index (χ4v) is 5.20. The Morgan fingerprint density at radius 1 is 0.861 bits per heavy atom. The molecular formula is C26H30N2O7S. The zero-order chi connectivity index (χ0) is 26.3. The van der Waals surface area contributed by atoms with E-state index in [9.17, 15) is 13.2 Å². The Morgan fingerprint density at radius 3 is 2.11 bits per heavy atom. The standard InChI is InChI=1S/C26H30N2O7S/c1-6-35-21-11-9-20(10-12-21)28(36(30,31)25-15-18(2)7-13-23(25)33-4)17-26(29)27-19-8-14-22(32-3)24(16-19)34-5/h7-16H,6,17H2,1-5H3,(H,27,29). The van der Waals surface area contributed by atoms with E-state index in [4.69, 9.17) is 18.9 Å². The van der Waals surface area contributed by atoms with Gasteiger partial charge in [0.05, 0.1) is 33.6 Å². The average Bonchev–Trinajstić information content (AvgIpc) is 2.87. The van der Waals surface area contributed by atoms with Crippen LogP contribution in [0.5, 0.6) is 23.0 Å². The van der Waals surface area contributed by atoms with Crippen LogP contribution in [0.15, 0.2) is 65.6 Å². The first-order valence-electron chi connectivity index (χ1n) is 11.2. The second-order valence-corrected chi connectivity index (χ2v) is 9.54. The number of hydrogen-bond acceptors (Lipinski definition) is 7. The summed E-state index contributed by atoms with van der Waals surface area (Å²) in [6.45, 7) is 3.62. The van der Waals surface area contributed by atoms with Crippen molar-refractivity contribution in [1.82, 2.24) is 0 Å². The SMILES string of the molecule is CCOc1ccc(N(CC(=O)Nc2ccc(OC)c(OC)c2)S(=O)(=O)c2cc(C)ccc2OC)cc1. The molecule has 0 aliphatic carbocycles. The van der Waals surface area contributed by atoms with Gasteiger partial charge in [0.25, 0.3) is 10.0 Å². The van der Waals surface area contributed by atoms with Crippen LogP contribution in [-0.4, -0.2) is 48.8 Å². The van der Waals surface area contributed by atoms with E-state index in [0.717, 1.165) is 9.87 Å². The van der Waals surface area contributed by atoms with Crippen LogP contribution in [0.4, 0.5) is 11.4 Å². The molecule has 0 bridgehead atoms. The molecule has 0 heterocycles. The van der Waals surface area contributed by atoms with Crippen molar-refractivity contribution in [1.29, 1.82) is 0 Å². The number of carbonyl (C=O) groups excluding carboxylic acids is 1. The Balaban J connectivity index is 1.99. The van der Waals surface area contributed by atoms with E-state index < -0.39 is 22.5 Å². The van der Waals surface area contributed by atoms with Gasteiger partial charge in [-0.2, -0.15) is 0 Å². The highest BCUT2D eigenvalue weighted by molar-refractivity contribution is 7.93. The van der Waals surface area contributed by atoms with Crippen LogP contribution < -0.4 is 28.6 Å². The number of nitrogens with one attached hydrogen (secondary N) is 1. The number of methoxy groups -OCH3 is 3. The van der Waals surface area contributed by atoms with E-state index in [1.165, 1.54) is 27.4 Å². The molecule has 0 aliphatic heterocycles. The van der Waals surface area contributed by atoms with Crippen molar-refractivity contribution in [2.75, 3.05) is 44.1 Å². The number of benzene rings is 3. The molecule has 0 aliphatic rings. The summed E-state index contributed by atoms with van der Waals surface area (Å²) in [5.74, 6) is 1.14. The van der Waals surface area contributed by atoms with Crippen molar-refractivity contribution in [2.24, 2.45) is 0 Å². The van der Waals surface area contributed by atoms with Gasteiger partial charge in [0.1, 0.15) is 22.9 Å². The van der Waals surface area contributed by atoms with Gasteiger partial charge in [-0.3, -0.25) is 9.10 Å². The molecule has 0 aromatic heterocycles. The third kappa shape index (κ3) is 6.01. The first-order valence-corrected chi connectivity index (χ1v) is 12.6. The monoisotopic (exact) mass is 514 g/mol. The Bertz CT molecular complexity index is 1310. The molecule has 3 aromatic carbocycles. The molecule has 1 N–H and O–H groups in total. The third-order valence-corrected chi connectivity index (χ3v) is 7.07. The summed E-state index contributed by atoms with van der Waals surface area (Å²) in [5, 5.41) is 2.73. The fraction of sp³-hybridized carbons (Fsp3) is 0.269. The number of amides is 1. The average molecular weight is 515 g/mol.